The molecule has 7 nitrogen and oxygen atoms in total. The van der Waals surface area contributed by atoms with Crippen LogP contribution in [-0.4, -0.2) is 57.6 Å². The maximum Gasteiger partial charge on any atom is 0.264 e. The molecule has 8 heteroatoms. The van der Waals surface area contributed by atoms with E-state index < -0.39 is 10.0 Å². The minimum Gasteiger partial charge on any atom is -0.378 e. The molecule has 0 N–H and O–H groups in total. The molecule has 0 unspecified atom stereocenters. The van der Waals surface area contributed by atoms with E-state index in [0.29, 0.717) is 37.6 Å². The van der Waals surface area contributed by atoms with E-state index in [0.717, 1.165) is 9.87 Å². The Bertz CT molecular complexity index is 891. The SMILES string of the molecule is Cc1ccc(S(=O)(=O)N(C)c2cncc(C(=O)N3CCOCC3)c2)cc1. The Labute approximate surface area is 153 Å². The number of carbonyl (C=O) groups excluding carboxylic acids is 1. The number of hydrogen-bond donors (Lipinski definition) is 0. The van der Waals surface area contributed by atoms with Crippen LogP contribution < -0.4 is 4.31 Å². The van der Waals surface area contributed by atoms with Crippen molar-refractivity contribution in [3.63, 3.8) is 0 Å². The van der Waals surface area contributed by atoms with Crippen LogP contribution in [0.25, 0.3) is 0 Å². The van der Waals surface area contributed by atoms with Gasteiger partial charge in [0.1, 0.15) is 0 Å². The second-order valence-corrected chi connectivity index (χ2v) is 8.09. The molecule has 138 valence electrons. The summed E-state index contributed by atoms with van der Waals surface area (Å²) in [5.74, 6) is -0.177. The van der Waals surface area contributed by atoms with Gasteiger partial charge in [-0.3, -0.25) is 14.1 Å². The quantitative estimate of drug-likeness (QED) is 0.812. The Morgan fingerprint density at radius 2 is 1.81 bits per heavy atom. The minimum atomic E-state index is -3.73. The van der Waals surface area contributed by atoms with Crippen LogP contribution in [0, 0.1) is 6.92 Å². The molecule has 0 saturated carbocycles. The van der Waals surface area contributed by atoms with Gasteiger partial charge < -0.3 is 9.64 Å². The zero-order valence-corrected chi connectivity index (χ0v) is 15.6. The maximum atomic E-state index is 12.8. The molecule has 0 spiro atoms. The zero-order chi connectivity index (χ0) is 18.7. The monoisotopic (exact) mass is 375 g/mol. The highest BCUT2D eigenvalue weighted by atomic mass is 32.2. The fraction of sp³-hybridized carbons (Fsp3) is 0.333. The third kappa shape index (κ3) is 3.71. The van der Waals surface area contributed by atoms with Gasteiger partial charge in [0.05, 0.1) is 35.6 Å². The summed E-state index contributed by atoms with van der Waals surface area (Å²) in [5.41, 5.74) is 1.67. The molecule has 1 aliphatic heterocycles. The van der Waals surface area contributed by atoms with Gasteiger partial charge in [-0.2, -0.15) is 0 Å². The highest BCUT2D eigenvalue weighted by molar-refractivity contribution is 7.92. The number of sulfonamides is 1. The smallest absolute Gasteiger partial charge is 0.264 e. The largest absolute Gasteiger partial charge is 0.378 e. The number of benzene rings is 1. The third-order valence-electron chi connectivity index (χ3n) is 4.31. The van der Waals surface area contributed by atoms with Gasteiger partial charge in [-0.25, -0.2) is 8.42 Å². The van der Waals surface area contributed by atoms with Gasteiger partial charge in [0.2, 0.25) is 0 Å². The van der Waals surface area contributed by atoms with Gasteiger partial charge in [0, 0.05) is 26.3 Å². The van der Waals surface area contributed by atoms with Crippen LogP contribution >= 0.6 is 0 Å². The van der Waals surface area contributed by atoms with Gasteiger partial charge in [-0.15, -0.1) is 0 Å². The number of morpholine rings is 1. The van der Waals surface area contributed by atoms with E-state index >= 15 is 0 Å². The van der Waals surface area contributed by atoms with Crippen molar-refractivity contribution >= 4 is 21.6 Å². The average molecular weight is 375 g/mol. The van der Waals surface area contributed by atoms with Crippen molar-refractivity contribution in [2.45, 2.75) is 11.8 Å². The summed E-state index contributed by atoms with van der Waals surface area (Å²) in [6.07, 6.45) is 2.88. The molecule has 0 aliphatic carbocycles. The highest BCUT2D eigenvalue weighted by Gasteiger charge is 2.24. The van der Waals surface area contributed by atoms with E-state index in [-0.39, 0.29) is 10.8 Å². The Balaban J connectivity index is 1.87. The molecule has 3 rings (SSSR count). The predicted molar refractivity (Wildman–Crippen MR) is 97.7 cm³/mol. The van der Waals surface area contributed by atoms with E-state index in [2.05, 4.69) is 4.98 Å². The lowest BCUT2D eigenvalue weighted by Gasteiger charge is -2.27. The molecule has 2 heterocycles. The summed E-state index contributed by atoms with van der Waals surface area (Å²) in [7, 11) is -2.27. The Hall–Kier alpha value is -2.45. The number of aryl methyl sites for hydroxylation is 1. The fourth-order valence-electron chi connectivity index (χ4n) is 2.67. The van der Waals surface area contributed by atoms with Gasteiger partial charge >= 0.3 is 0 Å². The summed E-state index contributed by atoms with van der Waals surface area (Å²) >= 11 is 0. The summed E-state index contributed by atoms with van der Waals surface area (Å²) in [5, 5.41) is 0. The fourth-order valence-corrected chi connectivity index (χ4v) is 3.85. The molecule has 1 aromatic heterocycles. The predicted octanol–water partition coefficient (Wildman–Crippen LogP) is 1.69. The van der Waals surface area contributed by atoms with Crippen molar-refractivity contribution in [2.75, 3.05) is 37.7 Å². The second kappa shape index (κ2) is 7.43. The second-order valence-electron chi connectivity index (χ2n) is 6.12. The van der Waals surface area contributed by atoms with Crippen LogP contribution in [0.3, 0.4) is 0 Å². The van der Waals surface area contributed by atoms with Crippen molar-refractivity contribution in [1.82, 2.24) is 9.88 Å². The number of ether oxygens (including phenoxy) is 1. The number of carbonyl (C=O) groups is 1. The molecule has 1 fully saturated rings. The Morgan fingerprint density at radius 3 is 2.46 bits per heavy atom. The average Bonchev–Trinajstić information content (AvgIpc) is 2.68. The first-order chi connectivity index (χ1) is 12.4. The number of nitrogens with zero attached hydrogens (tertiary/aromatic N) is 3. The Morgan fingerprint density at radius 1 is 1.15 bits per heavy atom. The number of aromatic nitrogens is 1. The molecular formula is C18H21N3O4S. The molecular weight excluding hydrogens is 354 g/mol. The number of pyridine rings is 1. The molecule has 2 aromatic rings. The first kappa shape index (κ1) is 18.3. The van der Waals surface area contributed by atoms with Crippen molar-refractivity contribution < 1.29 is 17.9 Å². The third-order valence-corrected chi connectivity index (χ3v) is 6.11. The van der Waals surface area contributed by atoms with Crippen LogP contribution in [0.2, 0.25) is 0 Å². The normalized spacial score (nSPS) is 14.9. The van der Waals surface area contributed by atoms with Gasteiger partial charge in [0.15, 0.2) is 0 Å². The van der Waals surface area contributed by atoms with Crippen LogP contribution in [-0.2, 0) is 14.8 Å². The molecule has 1 saturated heterocycles. The lowest BCUT2D eigenvalue weighted by molar-refractivity contribution is 0.0302. The van der Waals surface area contributed by atoms with E-state index in [1.165, 1.54) is 19.4 Å². The van der Waals surface area contributed by atoms with E-state index in [1.54, 1.807) is 35.2 Å². The number of amides is 1. The standard InChI is InChI=1S/C18H21N3O4S/c1-14-3-5-17(6-4-14)26(23,24)20(2)16-11-15(12-19-13-16)18(22)21-7-9-25-10-8-21/h3-6,11-13H,7-10H2,1-2H3. The summed E-state index contributed by atoms with van der Waals surface area (Å²) < 4.78 is 32.0. The topological polar surface area (TPSA) is 79.8 Å². The molecule has 1 aliphatic rings. The van der Waals surface area contributed by atoms with E-state index in [9.17, 15) is 13.2 Å². The van der Waals surface area contributed by atoms with Crippen molar-refractivity contribution in [1.29, 1.82) is 0 Å². The van der Waals surface area contributed by atoms with Gasteiger partial charge in [0.25, 0.3) is 15.9 Å². The number of anilines is 1. The maximum absolute atomic E-state index is 12.8. The van der Waals surface area contributed by atoms with E-state index in [4.69, 9.17) is 4.74 Å². The van der Waals surface area contributed by atoms with Crippen molar-refractivity contribution in [3.8, 4) is 0 Å². The van der Waals surface area contributed by atoms with Crippen LogP contribution in [0.1, 0.15) is 15.9 Å². The van der Waals surface area contributed by atoms with Crippen molar-refractivity contribution in [2.24, 2.45) is 0 Å². The first-order valence-corrected chi connectivity index (χ1v) is 9.71. The zero-order valence-electron chi connectivity index (χ0n) is 14.8. The first-order valence-electron chi connectivity index (χ1n) is 8.27. The number of hydrogen-bond acceptors (Lipinski definition) is 5. The summed E-state index contributed by atoms with van der Waals surface area (Å²) in [6.45, 7) is 3.92. The van der Waals surface area contributed by atoms with Gasteiger partial charge in [-0.05, 0) is 25.1 Å². The molecule has 0 bridgehead atoms. The Kier molecular flexibility index (Phi) is 5.24. The van der Waals surface area contributed by atoms with E-state index in [1.807, 2.05) is 6.92 Å². The van der Waals surface area contributed by atoms with Crippen LogP contribution in [0.4, 0.5) is 5.69 Å². The lowest BCUT2D eigenvalue weighted by atomic mass is 10.2. The molecule has 1 aromatic carbocycles. The molecule has 26 heavy (non-hydrogen) atoms. The summed E-state index contributed by atoms with van der Waals surface area (Å²) in [6, 6.07) is 8.18. The van der Waals surface area contributed by atoms with Gasteiger partial charge in [-0.1, -0.05) is 17.7 Å². The van der Waals surface area contributed by atoms with Crippen molar-refractivity contribution in [3.05, 3.63) is 53.9 Å². The number of rotatable bonds is 4. The lowest BCUT2D eigenvalue weighted by Crippen LogP contribution is -2.40. The molecule has 1 amide bonds. The minimum absolute atomic E-state index is 0.177. The summed E-state index contributed by atoms with van der Waals surface area (Å²) in [4.78, 5) is 18.5. The van der Waals surface area contributed by atoms with Crippen LogP contribution in [0.15, 0.2) is 47.6 Å². The molecule has 0 radical (unpaired) electrons. The highest BCUT2D eigenvalue weighted by Crippen LogP contribution is 2.23. The van der Waals surface area contributed by atoms with Crippen LogP contribution in [0.5, 0.6) is 0 Å². The molecule has 0 atom stereocenters.